The zero-order chi connectivity index (χ0) is 14.9. The van der Waals surface area contributed by atoms with Crippen molar-refractivity contribution >= 4 is 0 Å². The molecule has 0 saturated heterocycles. The minimum atomic E-state index is -0.502. The molecule has 112 valence electrons. The number of aliphatic hydroxyl groups excluding tert-OH is 1. The highest BCUT2D eigenvalue weighted by molar-refractivity contribution is 5.39. The zero-order valence-corrected chi connectivity index (χ0v) is 12.2. The topological polar surface area (TPSA) is 50.7 Å². The predicted octanol–water partition coefficient (Wildman–Crippen LogP) is 2.40. The number of aliphatic hydroxyl groups is 1. The molecule has 2 N–H and O–H groups in total. The van der Waals surface area contributed by atoms with Crippen molar-refractivity contribution in [2.24, 2.45) is 0 Å². The molecule has 0 aromatic heterocycles. The van der Waals surface area contributed by atoms with Crippen LogP contribution >= 0.6 is 0 Å². The van der Waals surface area contributed by atoms with Crippen LogP contribution in [0, 0.1) is 0 Å². The van der Waals surface area contributed by atoms with Crippen LogP contribution in [-0.4, -0.2) is 31.9 Å². The van der Waals surface area contributed by atoms with Crippen LogP contribution in [0.5, 0.6) is 11.5 Å². The van der Waals surface area contributed by atoms with E-state index in [1.807, 2.05) is 54.6 Å². The third-order valence-corrected chi connectivity index (χ3v) is 3.13. The van der Waals surface area contributed by atoms with Gasteiger partial charge in [-0.15, -0.1) is 0 Å². The molecular formula is C17H21NO3. The average molecular weight is 287 g/mol. The van der Waals surface area contributed by atoms with Crippen molar-refractivity contribution in [3.63, 3.8) is 0 Å². The highest BCUT2D eigenvalue weighted by Gasteiger charge is 2.06. The Morgan fingerprint density at radius 3 is 2.38 bits per heavy atom. The molecule has 0 aliphatic carbocycles. The van der Waals surface area contributed by atoms with Gasteiger partial charge in [-0.25, -0.2) is 0 Å². The summed E-state index contributed by atoms with van der Waals surface area (Å²) in [4.78, 5) is 0. The number of hydrogen-bond acceptors (Lipinski definition) is 4. The van der Waals surface area contributed by atoms with E-state index in [1.54, 1.807) is 7.11 Å². The molecule has 0 spiro atoms. The lowest BCUT2D eigenvalue weighted by atomic mass is 10.1. The maximum absolute atomic E-state index is 10.00. The molecule has 2 aromatic rings. The Morgan fingerprint density at radius 2 is 1.67 bits per heavy atom. The van der Waals surface area contributed by atoms with E-state index in [4.69, 9.17) is 9.47 Å². The molecule has 0 saturated carbocycles. The fourth-order valence-electron chi connectivity index (χ4n) is 2.00. The summed E-state index contributed by atoms with van der Waals surface area (Å²) in [5, 5.41) is 13.2. The van der Waals surface area contributed by atoms with Gasteiger partial charge in [0.1, 0.15) is 6.61 Å². The molecule has 0 aliphatic rings. The molecule has 0 radical (unpaired) electrons. The fourth-order valence-corrected chi connectivity index (χ4v) is 2.00. The van der Waals surface area contributed by atoms with Gasteiger partial charge in [-0.05, 0) is 17.7 Å². The normalized spacial score (nSPS) is 11.9. The standard InChI is InChI=1S/C17H21NO3/c1-20-16-9-5-6-10-17(16)21-12-11-18-13-15(19)14-7-3-2-4-8-14/h2-10,15,18-19H,11-13H2,1H3. The van der Waals surface area contributed by atoms with Gasteiger partial charge in [0.15, 0.2) is 11.5 Å². The summed E-state index contributed by atoms with van der Waals surface area (Å²) < 4.78 is 10.9. The number of methoxy groups -OCH3 is 1. The van der Waals surface area contributed by atoms with Crippen LogP contribution in [0.15, 0.2) is 54.6 Å². The molecular weight excluding hydrogens is 266 g/mol. The van der Waals surface area contributed by atoms with Crippen molar-refractivity contribution in [2.75, 3.05) is 26.8 Å². The Hall–Kier alpha value is -2.04. The van der Waals surface area contributed by atoms with Gasteiger partial charge in [0.2, 0.25) is 0 Å². The molecule has 0 fully saturated rings. The smallest absolute Gasteiger partial charge is 0.161 e. The van der Waals surface area contributed by atoms with Crippen LogP contribution in [0.4, 0.5) is 0 Å². The Kier molecular flexibility index (Phi) is 6.06. The third-order valence-electron chi connectivity index (χ3n) is 3.13. The van der Waals surface area contributed by atoms with Gasteiger partial charge < -0.3 is 19.9 Å². The molecule has 4 heteroatoms. The molecule has 4 nitrogen and oxygen atoms in total. The van der Waals surface area contributed by atoms with Crippen molar-refractivity contribution in [1.82, 2.24) is 5.32 Å². The maximum Gasteiger partial charge on any atom is 0.161 e. The Morgan fingerprint density at radius 1 is 1.00 bits per heavy atom. The number of hydrogen-bond donors (Lipinski definition) is 2. The van der Waals surface area contributed by atoms with Crippen LogP contribution in [0.25, 0.3) is 0 Å². The van der Waals surface area contributed by atoms with Gasteiger partial charge in [0.05, 0.1) is 13.2 Å². The first kappa shape index (κ1) is 15.4. The second kappa shape index (κ2) is 8.29. The number of benzene rings is 2. The molecule has 0 heterocycles. The fraction of sp³-hybridized carbons (Fsp3) is 0.294. The van der Waals surface area contributed by atoms with Crippen molar-refractivity contribution in [3.05, 3.63) is 60.2 Å². The van der Waals surface area contributed by atoms with Crippen molar-refractivity contribution in [1.29, 1.82) is 0 Å². The Balaban J connectivity index is 1.68. The van der Waals surface area contributed by atoms with Gasteiger partial charge in [0.25, 0.3) is 0 Å². The maximum atomic E-state index is 10.00. The van der Waals surface area contributed by atoms with Gasteiger partial charge in [0, 0.05) is 13.1 Å². The first-order chi connectivity index (χ1) is 10.3. The second-order valence-corrected chi connectivity index (χ2v) is 4.63. The van der Waals surface area contributed by atoms with E-state index < -0.39 is 6.10 Å². The molecule has 0 aliphatic heterocycles. The van der Waals surface area contributed by atoms with E-state index in [0.717, 1.165) is 17.1 Å². The molecule has 1 atom stereocenters. The highest BCUT2D eigenvalue weighted by Crippen LogP contribution is 2.25. The Labute approximate surface area is 125 Å². The van der Waals surface area contributed by atoms with Crippen molar-refractivity contribution < 1.29 is 14.6 Å². The van der Waals surface area contributed by atoms with Crippen LogP contribution < -0.4 is 14.8 Å². The minimum absolute atomic E-state index is 0.499. The third kappa shape index (κ3) is 4.77. The van der Waals surface area contributed by atoms with Gasteiger partial charge >= 0.3 is 0 Å². The van der Waals surface area contributed by atoms with Gasteiger partial charge in [-0.2, -0.15) is 0 Å². The van der Waals surface area contributed by atoms with E-state index in [-0.39, 0.29) is 0 Å². The van der Waals surface area contributed by atoms with Gasteiger partial charge in [-0.1, -0.05) is 42.5 Å². The molecule has 2 rings (SSSR count). The Bertz CT molecular complexity index is 531. The van der Waals surface area contributed by atoms with Crippen LogP contribution in [0.2, 0.25) is 0 Å². The number of nitrogens with one attached hydrogen (secondary N) is 1. The summed E-state index contributed by atoms with van der Waals surface area (Å²) in [7, 11) is 1.62. The SMILES string of the molecule is COc1ccccc1OCCNCC(O)c1ccccc1. The largest absolute Gasteiger partial charge is 0.493 e. The minimum Gasteiger partial charge on any atom is -0.493 e. The summed E-state index contributed by atoms with van der Waals surface area (Å²) in [6.07, 6.45) is -0.502. The van der Waals surface area contributed by atoms with E-state index in [1.165, 1.54) is 0 Å². The highest BCUT2D eigenvalue weighted by atomic mass is 16.5. The summed E-state index contributed by atoms with van der Waals surface area (Å²) in [6, 6.07) is 17.1. The first-order valence-electron chi connectivity index (χ1n) is 7.01. The summed E-state index contributed by atoms with van der Waals surface area (Å²) in [6.45, 7) is 1.67. The van der Waals surface area contributed by atoms with Gasteiger partial charge in [-0.3, -0.25) is 0 Å². The van der Waals surface area contributed by atoms with Crippen LogP contribution in [-0.2, 0) is 0 Å². The van der Waals surface area contributed by atoms with Crippen LogP contribution in [0.3, 0.4) is 0 Å². The second-order valence-electron chi connectivity index (χ2n) is 4.63. The molecule has 21 heavy (non-hydrogen) atoms. The van der Waals surface area contributed by atoms with Crippen molar-refractivity contribution in [3.8, 4) is 11.5 Å². The lowest BCUT2D eigenvalue weighted by Crippen LogP contribution is -2.26. The summed E-state index contributed by atoms with van der Waals surface area (Å²) in [5.41, 5.74) is 0.913. The number of para-hydroxylation sites is 2. The van der Waals surface area contributed by atoms with E-state index in [9.17, 15) is 5.11 Å². The predicted molar refractivity (Wildman–Crippen MR) is 82.8 cm³/mol. The summed E-state index contributed by atoms with van der Waals surface area (Å²) >= 11 is 0. The molecule has 2 aromatic carbocycles. The number of ether oxygens (including phenoxy) is 2. The molecule has 1 unspecified atom stereocenters. The zero-order valence-electron chi connectivity index (χ0n) is 12.2. The van der Waals surface area contributed by atoms with E-state index >= 15 is 0 Å². The number of rotatable bonds is 8. The van der Waals surface area contributed by atoms with E-state index in [2.05, 4.69) is 5.32 Å². The first-order valence-corrected chi connectivity index (χ1v) is 7.01. The van der Waals surface area contributed by atoms with E-state index in [0.29, 0.717) is 19.7 Å². The quantitative estimate of drug-likeness (QED) is 0.732. The van der Waals surface area contributed by atoms with Crippen molar-refractivity contribution in [2.45, 2.75) is 6.10 Å². The molecule has 0 bridgehead atoms. The monoisotopic (exact) mass is 287 g/mol. The lowest BCUT2D eigenvalue weighted by Gasteiger charge is -2.13. The van der Waals surface area contributed by atoms with Crippen LogP contribution in [0.1, 0.15) is 11.7 Å². The average Bonchev–Trinajstić information content (AvgIpc) is 2.55. The summed E-state index contributed by atoms with van der Waals surface area (Å²) in [5.74, 6) is 1.45. The lowest BCUT2D eigenvalue weighted by molar-refractivity contribution is 0.171. The molecule has 0 amide bonds.